The molecule has 2 aromatic heterocycles. The first-order valence-electron chi connectivity index (χ1n) is 7.58. The van der Waals surface area contributed by atoms with Crippen LogP contribution in [0, 0.1) is 0 Å². The Hall–Kier alpha value is -2.67. The van der Waals surface area contributed by atoms with Crippen LogP contribution in [0.25, 0.3) is 21.8 Å². The minimum atomic E-state index is 0.0315. The third kappa shape index (κ3) is 2.70. The van der Waals surface area contributed by atoms with Crippen molar-refractivity contribution in [1.29, 1.82) is 0 Å². The van der Waals surface area contributed by atoms with Gasteiger partial charge in [0.25, 0.3) is 0 Å². The smallest absolute Gasteiger partial charge is 0.135 e. The Kier molecular flexibility index (Phi) is 4.12. The molecule has 0 bridgehead atoms. The van der Waals surface area contributed by atoms with E-state index in [0.717, 1.165) is 39.5 Å². The number of benzene rings is 1. The van der Waals surface area contributed by atoms with Crippen LogP contribution in [0.3, 0.4) is 0 Å². The van der Waals surface area contributed by atoms with Gasteiger partial charge in [0.2, 0.25) is 0 Å². The van der Waals surface area contributed by atoms with E-state index < -0.39 is 0 Å². The monoisotopic (exact) mass is 312 g/mol. The number of anilines is 1. The molecule has 120 valence electrons. The highest BCUT2D eigenvalue weighted by atomic mass is 16.3. The molecule has 4 N–H and O–H groups in total. The number of nitrogens with two attached hydrogens (primary N) is 1. The number of pyridine rings is 1. The van der Waals surface area contributed by atoms with Gasteiger partial charge in [0.15, 0.2) is 0 Å². The van der Waals surface area contributed by atoms with Crippen LogP contribution >= 0.6 is 0 Å². The number of fused-ring (bicyclic) bond motifs is 3. The quantitative estimate of drug-likeness (QED) is 0.489. The maximum absolute atomic E-state index is 9.08. The zero-order valence-electron chi connectivity index (χ0n) is 13.2. The lowest BCUT2D eigenvalue weighted by atomic mass is 10.0. The van der Waals surface area contributed by atoms with Crippen LogP contribution in [0.5, 0.6) is 0 Å². The van der Waals surface area contributed by atoms with Gasteiger partial charge in [0.05, 0.1) is 29.8 Å². The van der Waals surface area contributed by atoms with Crippen molar-refractivity contribution in [3.63, 3.8) is 0 Å². The summed E-state index contributed by atoms with van der Waals surface area (Å²) < 4.78 is 1.69. The van der Waals surface area contributed by atoms with Crippen LogP contribution in [0.1, 0.15) is 18.9 Å². The Morgan fingerprint density at radius 3 is 2.91 bits per heavy atom. The topological polar surface area (TPSA) is 101 Å². The summed E-state index contributed by atoms with van der Waals surface area (Å²) >= 11 is 0. The van der Waals surface area contributed by atoms with Crippen LogP contribution in [0.2, 0.25) is 0 Å². The predicted molar refractivity (Wildman–Crippen MR) is 92.4 cm³/mol. The number of hydrogen-bond donors (Lipinski definition) is 3. The van der Waals surface area contributed by atoms with Gasteiger partial charge >= 0.3 is 0 Å². The molecule has 0 spiro atoms. The second-order valence-corrected chi connectivity index (χ2v) is 5.24. The number of rotatable bonds is 5. The Morgan fingerprint density at radius 1 is 1.39 bits per heavy atom. The Morgan fingerprint density at radius 2 is 2.22 bits per heavy atom. The molecule has 7 nitrogen and oxygen atoms in total. The van der Waals surface area contributed by atoms with Crippen molar-refractivity contribution in [2.45, 2.75) is 19.9 Å². The van der Waals surface area contributed by atoms with Gasteiger partial charge in [0, 0.05) is 18.6 Å². The predicted octanol–water partition coefficient (Wildman–Crippen LogP) is 1.49. The van der Waals surface area contributed by atoms with E-state index in [0.29, 0.717) is 12.4 Å². The molecule has 0 aliphatic carbocycles. The molecule has 3 rings (SSSR count). The molecule has 2 heterocycles. The Labute approximate surface area is 133 Å². The molecule has 0 unspecified atom stereocenters. The van der Waals surface area contributed by atoms with Gasteiger partial charge in [-0.15, -0.1) is 0 Å². The maximum atomic E-state index is 9.08. The van der Waals surface area contributed by atoms with Crippen LogP contribution in [0.15, 0.2) is 29.5 Å². The summed E-state index contributed by atoms with van der Waals surface area (Å²) in [4.78, 5) is 4.50. The summed E-state index contributed by atoms with van der Waals surface area (Å²) in [5.74, 6) is 0.442. The first kappa shape index (κ1) is 15.2. The molecule has 1 aromatic carbocycles. The van der Waals surface area contributed by atoms with Gasteiger partial charge in [-0.05, 0) is 24.1 Å². The minimum absolute atomic E-state index is 0.0315. The van der Waals surface area contributed by atoms with Gasteiger partial charge in [-0.3, -0.25) is 4.68 Å². The molecule has 7 heteroatoms. The van der Waals surface area contributed by atoms with Crippen molar-refractivity contribution in [1.82, 2.24) is 20.2 Å². The van der Waals surface area contributed by atoms with E-state index in [-0.39, 0.29) is 6.61 Å². The third-order valence-electron chi connectivity index (χ3n) is 3.78. The second kappa shape index (κ2) is 6.21. The molecular formula is C16H20N6O. The second-order valence-electron chi connectivity index (χ2n) is 5.24. The molecule has 0 saturated carbocycles. The minimum Gasteiger partial charge on any atom is -0.394 e. The van der Waals surface area contributed by atoms with Crippen LogP contribution < -0.4 is 11.2 Å². The summed E-state index contributed by atoms with van der Waals surface area (Å²) in [6.07, 6.45) is 2.64. The summed E-state index contributed by atoms with van der Waals surface area (Å²) in [5, 5.41) is 19.6. The fraction of sp³-hybridized carbons (Fsp3) is 0.312. The summed E-state index contributed by atoms with van der Waals surface area (Å²) in [7, 11) is 1.78. The van der Waals surface area contributed by atoms with E-state index in [4.69, 9.17) is 10.8 Å². The van der Waals surface area contributed by atoms with Crippen molar-refractivity contribution in [3.05, 3.63) is 30.0 Å². The molecule has 0 atom stereocenters. The number of hydrogen-bond acceptors (Lipinski definition) is 6. The van der Waals surface area contributed by atoms with Crippen LogP contribution in [-0.4, -0.2) is 39.2 Å². The molecule has 3 aromatic rings. The SMILES string of the molecule is CC/C(=N\NC)c1ccc2c(c1)nc(N)c1cn(CCO)nc12. The van der Waals surface area contributed by atoms with Crippen molar-refractivity contribution >= 4 is 33.3 Å². The van der Waals surface area contributed by atoms with Gasteiger partial charge in [-0.1, -0.05) is 13.0 Å². The zero-order valence-corrected chi connectivity index (χ0v) is 13.2. The van der Waals surface area contributed by atoms with Gasteiger partial charge in [-0.25, -0.2) is 4.98 Å². The van der Waals surface area contributed by atoms with E-state index in [1.54, 1.807) is 11.7 Å². The fourth-order valence-electron chi connectivity index (χ4n) is 2.70. The van der Waals surface area contributed by atoms with Gasteiger partial charge in [-0.2, -0.15) is 10.2 Å². The maximum Gasteiger partial charge on any atom is 0.135 e. The fourth-order valence-corrected chi connectivity index (χ4v) is 2.70. The molecular weight excluding hydrogens is 292 g/mol. The van der Waals surface area contributed by atoms with E-state index in [1.165, 1.54) is 0 Å². The highest BCUT2D eigenvalue weighted by Gasteiger charge is 2.12. The Bertz CT molecular complexity index is 883. The molecule has 0 fully saturated rings. The highest BCUT2D eigenvalue weighted by molar-refractivity contribution is 6.10. The lowest BCUT2D eigenvalue weighted by molar-refractivity contribution is 0.270. The third-order valence-corrected chi connectivity index (χ3v) is 3.78. The van der Waals surface area contributed by atoms with Crippen molar-refractivity contribution in [2.24, 2.45) is 5.10 Å². The van der Waals surface area contributed by atoms with Crippen molar-refractivity contribution in [3.8, 4) is 0 Å². The van der Waals surface area contributed by atoms with E-state index >= 15 is 0 Å². The van der Waals surface area contributed by atoms with Gasteiger partial charge in [0.1, 0.15) is 11.3 Å². The van der Waals surface area contributed by atoms with Gasteiger partial charge < -0.3 is 16.3 Å². The van der Waals surface area contributed by atoms with Crippen molar-refractivity contribution in [2.75, 3.05) is 19.4 Å². The van der Waals surface area contributed by atoms with Crippen LogP contribution in [0.4, 0.5) is 5.82 Å². The normalized spacial score (nSPS) is 12.2. The molecule has 0 radical (unpaired) electrons. The molecule has 23 heavy (non-hydrogen) atoms. The van der Waals surface area contributed by atoms with Crippen molar-refractivity contribution < 1.29 is 5.11 Å². The number of hydrazone groups is 1. The standard InChI is InChI=1S/C16H20N6O/c1-3-13(20-18-2)10-4-5-11-14(8-10)19-16(17)12-9-22(6-7-23)21-15(11)12/h4-5,8-9,18,23H,3,6-7H2,1-2H3,(H2,17,19)/b20-13+. The Balaban J connectivity index is 2.20. The highest BCUT2D eigenvalue weighted by Crippen LogP contribution is 2.27. The molecule has 0 aliphatic heterocycles. The average molecular weight is 312 g/mol. The number of aromatic nitrogens is 3. The lowest BCUT2D eigenvalue weighted by Gasteiger charge is -2.06. The average Bonchev–Trinajstić information content (AvgIpc) is 2.97. The number of aliphatic hydroxyl groups is 1. The summed E-state index contributed by atoms with van der Waals surface area (Å²) in [6.45, 7) is 2.52. The van der Waals surface area contributed by atoms with E-state index in [9.17, 15) is 0 Å². The van der Waals surface area contributed by atoms with E-state index in [2.05, 4.69) is 27.5 Å². The summed E-state index contributed by atoms with van der Waals surface area (Å²) in [5.41, 5.74) is 12.5. The first-order valence-corrected chi connectivity index (χ1v) is 7.58. The first-order chi connectivity index (χ1) is 11.2. The lowest BCUT2D eigenvalue weighted by Crippen LogP contribution is -2.06. The number of aliphatic hydroxyl groups excluding tert-OH is 1. The number of nitrogen functional groups attached to an aromatic ring is 1. The van der Waals surface area contributed by atoms with E-state index in [1.807, 2.05) is 24.4 Å². The number of nitrogens with zero attached hydrogens (tertiary/aromatic N) is 4. The summed E-state index contributed by atoms with van der Waals surface area (Å²) in [6, 6.07) is 6.00. The molecule has 0 amide bonds. The number of nitrogens with one attached hydrogen (secondary N) is 1. The zero-order chi connectivity index (χ0) is 16.4. The largest absolute Gasteiger partial charge is 0.394 e. The molecule has 0 aliphatic rings. The van der Waals surface area contributed by atoms with Crippen LogP contribution in [-0.2, 0) is 6.54 Å². The molecule has 0 saturated heterocycles.